The van der Waals surface area contributed by atoms with Crippen molar-refractivity contribution in [2.24, 2.45) is 0 Å². The molecule has 0 spiro atoms. The highest BCUT2D eigenvalue weighted by atomic mass is 32.2. The molecule has 2 aromatic carbocycles. The maximum atomic E-state index is 12.2. The highest BCUT2D eigenvalue weighted by Gasteiger charge is 2.29. The Morgan fingerprint density at radius 1 is 1.12 bits per heavy atom. The Hall–Kier alpha value is -3.00. The van der Waals surface area contributed by atoms with Gasteiger partial charge >= 0.3 is 0 Å². The molecule has 0 aliphatic carbocycles. The number of nitrogen functional groups attached to an aromatic ring is 2. The molecule has 1 aromatic heterocycles. The number of benzene rings is 2. The van der Waals surface area contributed by atoms with Crippen molar-refractivity contribution in [2.45, 2.75) is 11.3 Å². The lowest BCUT2D eigenvalue weighted by Crippen LogP contribution is -2.02. The Labute approximate surface area is 144 Å². The third-order valence-corrected chi connectivity index (χ3v) is 6.18. The summed E-state index contributed by atoms with van der Waals surface area (Å²) >= 11 is 0. The van der Waals surface area contributed by atoms with E-state index in [1.807, 2.05) is 0 Å². The van der Waals surface area contributed by atoms with E-state index in [0.29, 0.717) is 39.3 Å². The maximum Gasteiger partial charge on any atom is 0.179 e. The summed E-state index contributed by atoms with van der Waals surface area (Å²) < 4.78 is 24.4. The molecule has 7 nitrogen and oxygen atoms in total. The monoisotopic (exact) mass is 356 g/mol. The molecule has 1 aliphatic heterocycles. The number of aromatic nitrogens is 1. The van der Waals surface area contributed by atoms with Crippen molar-refractivity contribution in [1.29, 1.82) is 0 Å². The number of rotatable bonds is 2. The number of pyridine rings is 1. The van der Waals surface area contributed by atoms with Gasteiger partial charge < -0.3 is 21.9 Å². The van der Waals surface area contributed by atoms with Crippen LogP contribution < -0.4 is 16.8 Å². The van der Waals surface area contributed by atoms with Gasteiger partial charge in [-0.3, -0.25) is 4.98 Å². The fraction of sp³-hybridized carbons (Fsp3) is 0.118. The van der Waals surface area contributed by atoms with Crippen LogP contribution in [0.3, 0.4) is 0 Å². The van der Waals surface area contributed by atoms with Gasteiger partial charge in [-0.2, -0.15) is 0 Å². The molecule has 25 heavy (non-hydrogen) atoms. The van der Waals surface area contributed by atoms with Crippen LogP contribution in [0.1, 0.15) is 5.56 Å². The first kappa shape index (κ1) is 15.5. The Bertz CT molecular complexity index is 1130. The standard InChI is InChI=1S/C17H16N4O3S/c18-11-7-9(1-3-14(11)22)21-17-12(19)8-20-13-2-4-15-10(16(13)17)5-6-25(15,23)24/h1-4,7-8,22H,5-6,18-19H2,(H,20,21). The largest absolute Gasteiger partial charge is 0.506 e. The number of hydrogen-bond acceptors (Lipinski definition) is 7. The first-order chi connectivity index (χ1) is 11.9. The normalized spacial score (nSPS) is 15.2. The Kier molecular flexibility index (Phi) is 3.26. The average molecular weight is 356 g/mol. The summed E-state index contributed by atoms with van der Waals surface area (Å²) in [4.78, 5) is 4.65. The topological polar surface area (TPSA) is 131 Å². The van der Waals surface area contributed by atoms with Gasteiger partial charge in [0.1, 0.15) is 5.75 Å². The zero-order valence-electron chi connectivity index (χ0n) is 13.2. The van der Waals surface area contributed by atoms with E-state index in [0.717, 1.165) is 5.56 Å². The smallest absolute Gasteiger partial charge is 0.179 e. The van der Waals surface area contributed by atoms with Gasteiger partial charge in [0.05, 0.1) is 39.4 Å². The van der Waals surface area contributed by atoms with Crippen molar-refractivity contribution in [3.05, 3.63) is 42.1 Å². The summed E-state index contributed by atoms with van der Waals surface area (Å²) in [6.07, 6.45) is 1.96. The molecule has 1 aliphatic rings. The van der Waals surface area contributed by atoms with Crippen LogP contribution in [0.2, 0.25) is 0 Å². The Morgan fingerprint density at radius 2 is 1.92 bits per heavy atom. The molecule has 4 rings (SSSR count). The number of fused-ring (bicyclic) bond motifs is 3. The number of anilines is 4. The van der Waals surface area contributed by atoms with E-state index in [1.165, 1.54) is 12.3 Å². The zero-order valence-corrected chi connectivity index (χ0v) is 14.0. The van der Waals surface area contributed by atoms with Crippen LogP contribution in [0.5, 0.6) is 5.75 Å². The molecule has 0 bridgehead atoms. The number of nitrogens with one attached hydrogen (secondary N) is 1. The number of aromatic hydroxyl groups is 1. The zero-order chi connectivity index (χ0) is 17.8. The quantitative estimate of drug-likeness (QED) is 0.314. The SMILES string of the molecule is Nc1cc(Nc2c(N)cnc3ccc4c(c23)CCS4(=O)=O)ccc1O. The first-order valence-electron chi connectivity index (χ1n) is 7.65. The van der Waals surface area contributed by atoms with Crippen LogP contribution in [0.4, 0.5) is 22.7 Å². The second-order valence-electron chi connectivity index (χ2n) is 5.99. The highest BCUT2D eigenvalue weighted by Crippen LogP contribution is 2.39. The average Bonchev–Trinajstić information content (AvgIpc) is 2.88. The van der Waals surface area contributed by atoms with Gasteiger partial charge in [-0.25, -0.2) is 8.42 Å². The van der Waals surface area contributed by atoms with Gasteiger partial charge in [0.2, 0.25) is 0 Å². The molecule has 8 heteroatoms. The molecule has 0 saturated heterocycles. The van der Waals surface area contributed by atoms with Crippen LogP contribution in [0.15, 0.2) is 41.4 Å². The molecular weight excluding hydrogens is 340 g/mol. The lowest BCUT2D eigenvalue weighted by Gasteiger charge is -2.15. The summed E-state index contributed by atoms with van der Waals surface area (Å²) in [5.41, 5.74) is 15.1. The molecule has 0 atom stereocenters. The molecule has 0 fully saturated rings. The summed E-state index contributed by atoms with van der Waals surface area (Å²) in [5, 5.41) is 13.5. The van der Waals surface area contributed by atoms with Crippen molar-refractivity contribution >= 4 is 43.5 Å². The number of aryl methyl sites for hydroxylation is 1. The van der Waals surface area contributed by atoms with Crippen molar-refractivity contribution in [3.63, 3.8) is 0 Å². The molecule has 2 heterocycles. The van der Waals surface area contributed by atoms with Crippen molar-refractivity contribution < 1.29 is 13.5 Å². The highest BCUT2D eigenvalue weighted by molar-refractivity contribution is 7.91. The fourth-order valence-electron chi connectivity index (χ4n) is 3.15. The van der Waals surface area contributed by atoms with E-state index in [9.17, 15) is 13.5 Å². The summed E-state index contributed by atoms with van der Waals surface area (Å²) in [6, 6.07) is 8.02. The second kappa shape index (κ2) is 5.25. The van der Waals surface area contributed by atoms with E-state index in [4.69, 9.17) is 11.5 Å². The van der Waals surface area contributed by atoms with Crippen molar-refractivity contribution in [2.75, 3.05) is 22.5 Å². The fourth-order valence-corrected chi connectivity index (χ4v) is 4.70. The molecule has 6 N–H and O–H groups in total. The lowest BCUT2D eigenvalue weighted by atomic mass is 10.0. The number of nitrogens with two attached hydrogens (primary N) is 2. The van der Waals surface area contributed by atoms with E-state index in [-0.39, 0.29) is 17.2 Å². The van der Waals surface area contributed by atoms with Gasteiger partial charge in [-0.05, 0) is 42.3 Å². The van der Waals surface area contributed by atoms with Crippen LogP contribution in [-0.4, -0.2) is 24.3 Å². The molecular formula is C17H16N4O3S. The van der Waals surface area contributed by atoms with Crippen molar-refractivity contribution in [3.8, 4) is 5.75 Å². The number of sulfone groups is 1. The van der Waals surface area contributed by atoms with E-state index >= 15 is 0 Å². The number of hydrogen-bond donors (Lipinski definition) is 4. The van der Waals surface area contributed by atoms with Crippen LogP contribution in [0, 0.1) is 0 Å². The minimum Gasteiger partial charge on any atom is -0.506 e. The van der Waals surface area contributed by atoms with E-state index < -0.39 is 9.84 Å². The van der Waals surface area contributed by atoms with E-state index in [2.05, 4.69) is 10.3 Å². The second-order valence-corrected chi connectivity index (χ2v) is 8.07. The van der Waals surface area contributed by atoms with Gasteiger partial charge in [0.25, 0.3) is 0 Å². The lowest BCUT2D eigenvalue weighted by molar-refractivity contribution is 0.478. The summed E-state index contributed by atoms with van der Waals surface area (Å²) in [7, 11) is -3.26. The van der Waals surface area contributed by atoms with Gasteiger partial charge in [-0.1, -0.05) is 0 Å². The van der Waals surface area contributed by atoms with Crippen LogP contribution in [-0.2, 0) is 16.3 Å². The Balaban J connectivity index is 1.95. The predicted octanol–water partition coefficient (Wildman–Crippen LogP) is 2.18. The van der Waals surface area contributed by atoms with Gasteiger partial charge in [0.15, 0.2) is 9.84 Å². The minimum absolute atomic E-state index is 0.00917. The molecule has 128 valence electrons. The number of phenols is 1. The predicted molar refractivity (Wildman–Crippen MR) is 97.7 cm³/mol. The first-order valence-corrected chi connectivity index (χ1v) is 9.30. The molecule has 0 amide bonds. The minimum atomic E-state index is -3.26. The summed E-state index contributed by atoms with van der Waals surface area (Å²) in [5.74, 6) is 0.0760. The molecule has 0 radical (unpaired) electrons. The van der Waals surface area contributed by atoms with Gasteiger partial charge in [0, 0.05) is 11.1 Å². The molecule has 3 aromatic rings. The number of nitrogens with zero attached hydrogens (tertiary/aromatic N) is 1. The van der Waals surface area contributed by atoms with Crippen LogP contribution >= 0.6 is 0 Å². The van der Waals surface area contributed by atoms with Gasteiger partial charge in [-0.15, -0.1) is 0 Å². The molecule has 0 saturated carbocycles. The Morgan fingerprint density at radius 3 is 2.68 bits per heavy atom. The molecule has 0 unspecified atom stereocenters. The summed E-state index contributed by atoms with van der Waals surface area (Å²) in [6.45, 7) is 0. The van der Waals surface area contributed by atoms with Crippen LogP contribution in [0.25, 0.3) is 10.9 Å². The number of phenolic OH excluding ortho intramolecular Hbond substituents is 1. The third kappa shape index (κ3) is 2.42. The third-order valence-electron chi connectivity index (χ3n) is 4.38. The van der Waals surface area contributed by atoms with E-state index in [1.54, 1.807) is 24.3 Å². The maximum absolute atomic E-state index is 12.2. The van der Waals surface area contributed by atoms with Crippen molar-refractivity contribution in [1.82, 2.24) is 4.98 Å².